The van der Waals surface area contributed by atoms with Crippen LogP contribution in [0.1, 0.15) is 17.5 Å². The smallest absolute Gasteiger partial charge is 0.358 e. The van der Waals surface area contributed by atoms with E-state index in [4.69, 9.17) is 12.2 Å². The first-order valence-electron chi connectivity index (χ1n) is 7.09. The molecule has 0 aromatic heterocycles. The minimum absolute atomic E-state index is 0.0653. The van der Waals surface area contributed by atoms with Crippen LogP contribution in [-0.2, 0) is 12.4 Å². The van der Waals surface area contributed by atoms with Crippen LogP contribution in [0.2, 0.25) is 0 Å². The number of thiocarbonyl (C=S) groups is 1. The zero-order chi connectivity index (χ0) is 18.7. The molecule has 2 rings (SSSR count). The van der Waals surface area contributed by atoms with Crippen LogP contribution in [-0.4, -0.2) is 11.7 Å². The fourth-order valence-electron chi connectivity index (χ4n) is 2.07. The second-order valence-corrected chi connectivity index (χ2v) is 5.62. The number of hydrogen-bond acceptors (Lipinski definition) is 1. The highest BCUT2D eigenvalue weighted by Gasteiger charge is 2.37. The monoisotopic (exact) mass is 379 g/mol. The number of hydrogen-bond donors (Lipinski definition) is 2. The van der Waals surface area contributed by atoms with Crippen molar-refractivity contribution in [1.82, 2.24) is 5.32 Å². The molecular weight excluding hydrogens is 366 g/mol. The molecule has 0 spiro atoms. The molecule has 0 bridgehead atoms. The van der Waals surface area contributed by atoms with E-state index in [0.29, 0.717) is 18.7 Å². The standard InChI is InChI=1S/C16H13F6N2S/c17-15(18,19)11-6-12(16(20,21)22)8-13(7-11)24-14(25)23-9-10-4-2-1-3-5-10/h1-2,4-8H,3,9H2,(H2,23,24,25). The molecule has 0 saturated carbocycles. The Bertz CT molecular complexity index is 671. The summed E-state index contributed by atoms with van der Waals surface area (Å²) in [5.41, 5.74) is -2.28. The lowest BCUT2D eigenvalue weighted by molar-refractivity contribution is -0.143. The zero-order valence-corrected chi connectivity index (χ0v) is 13.4. The van der Waals surface area contributed by atoms with Crippen molar-refractivity contribution < 1.29 is 26.3 Å². The predicted octanol–water partition coefficient (Wildman–Crippen LogP) is 5.10. The van der Waals surface area contributed by atoms with Gasteiger partial charge in [0.05, 0.1) is 11.1 Å². The molecule has 1 aromatic rings. The second-order valence-electron chi connectivity index (χ2n) is 5.21. The first kappa shape index (κ1) is 19.3. The van der Waals surface area contributed by atoms with E-state index in [2.05, 4.69) is 10.6 Å². The summed E-state index contributed by atoms with van der Waals surface area (Å²) in [4.78, 5) is 0. The van der Waals surface area contributed by atoms with E-state index in [-0.39, 0.29) is 16.9 Å². The Morgan fingerprint density at radius 2 is 1.60 bits per heavy atom. The van der Waals surface area contributed by atoms with Crippen molar-refractivity contribution in [2.45, 2.75) is 18.8 Å². The van der Waals surface area contributed by atoms with Gasteiger partial charge in [0.15, 0.2) is 5.11 Å². The highest BCUT2D eigenvalue weighted by atomic mass is 32.1. The lowest BCUT2D eigenvalue weighted by atomic mass is 10.1. The fourth-order valence-corrected chi connectivity index (χ4v) is 2.26. The largest absolute Gasteiger partial charge is 0.416 e. The summed E-state index contributed by atoms with van der Waals surface area (Å²) in [5, 5.41) is 5.04. The molecule has 0 amide bonds. The average Bonchev–Trinajstić information content (AvgIpc) is 2.52. The number of anilines is 1. The Labute approximate surface area is 145 Å². The second kappa shape index (κ2) is 7.47. The zero-order valence-electron chi connectivity index (χ0n) is 12.6. The molecule has 0 fully saturated rings. The number of alkyl halides is 6. The van der Waals surface area contributed by atoms with Crippen molar-refractivity contribution in [2.24, 2.45) is 0 Å². The van der Waals surface area contributed by atoms with Gasteiger partial charge in [-0.3, -0.25) is 0 Å². The van der Waals surface area contributed by atoms with Gasteiger partial charge in [-0.1, -0.05) is 18.2 Å². The molecule has 25 heavy (non-hydrogen) atoms. The van der Waals surface area contributed by atoms with E-state index in [9.17, 15) is 26.3 Å². The van der Waals surface area contributed by atoms with E-state index >= 15 is 0 Å². The van der Waals surface area contributed by atoms with Gasteiger partial charge in [0, 0.05) is 12.2 Å². The Morgan fingerprint density at radius 1 is 1.00 bits per heavy atom. The SMILES string of the molecule is FC(F)(F)c1cc(NC(=S)NCC2=CC[CH]C=C2)cc(C(F)(F)F)c1. The molecule has 1 radical (unpaired) electrons. The molecular formula is C16H13F6N2S. The van der Waals surface area contributed by atoms with Crippen molar-refractivity contribution in [3.63, 3.8) is 0 Å². The van der Waals surface area contributed by atoms with Gasteiger partial charge in [0.2, 0.25) is 0 Å². The molecule has 1 aliphatic carbocycles. The van der Waals surface area contributed by atoms with E-state index in [1.54, 1.807) is 0 Å². The van der Waals surface area contributed by atoms with Gasteiger partial charge in [0.25, 0.3) is 0 Å². The minimum Gasteiger partial charge on any atom is -0.358 e. The van der Waals surface area contributed by atoms with Crippen molar-refractivity contribution in [3.05, 3.63) is 59.5 Å². The van der Waals surface area contributed by atoms with Crippen LogP contribution in [0.3, 0.4) is 0 Å². The maximum absolute atomic E-state index is 12.8. The van der Waals surface area contributed by atoms with Crippen LogP contribution in [0.4, 0.5) is 32.0 Å². The fraction of sp³-hybridized carbons (Fsp3) is 0.250. The number of halogens is 6. The quantitative estimate of drug-likeness (QED) is 0.564. The third kappa shape index (κ3) is 5.77. The van der Waals surface area contributed by atoms with Gasteiger partial charge in [0.1, 0.15) is 0 Å². The molecule has 0 unspecified atom stereocenters. The number of nitrogens with one attached hydrogen (secondary N) is 2. The third-order valence-electron chi connectivity index (χ3n) is 3.26. The van der Waals surface area contributed by atoms with Gasteiger partial charge >= 0.3 is 12.4 Å². The molecule has 0 saturated heterocycles. The van der Waals surface area contributed by atoms with Crippen LogP contribution in [0, 0.1) is 6.42 Å². The minimum atomic E-state index is -4.90. The summed E-state index contributed by atoms with van der Waals surface area (Å²) in [6, 6.07) is 1.23. The summed E-state index contributed by atoms with van der Waals surface area (Å²) in [6.07, 6.45) is -1.54. The van der Waals surface area contributed by atoms with Crippen molar-refractivity contribution >= 4 is 23.0 Å². The van der Waals surface area contributed by atoms with E-state index < -0.39 is 23.5 Å². The Morgan fingerprint density at radius 3 is 2.08 bits per heavy atom. The lowest BCUT2D eigenvalue weighted by Crippen LogP contribution is -2.30. The molecule has 135 valence electrons. The van der Waals surface area contributed by atoms with Gasteiger partial charge in [-0.05, 0) is 48.8 Å². The third-order valence-corrected chi connectivity index (χ3v) is 3.51. The summed E-state index contributed by atoms with van der Waals surface area (Å²) < 4.78 is 76.8. The van der Waals surface area contributed by atoms with Crippen LogP contribution >= 0.6 is 12.2 Å². The van der Waals surface area contributed by atoms with Crippen molar-refractivity contribution in [2.75, 3.05) is 11.9 Å². The first-order chi connectivity index (χ1) is 11.6. The molecule has 2 nitrogen and oxygen atoms in total. The molecule has 0 heterocycles. The van der Waals surface area contributed by atoms with Crippen LogP contribution in [0.15, 0.2) is 42.0 Å². The summed E-state index contributed by atoms with van der Waals surface area (Å²) in [6.45, 7) is 0.307. The highest BCUT2D eigenvalue weighted by Crippen LogP contribution is 2.37. The molecule has 0 atom stereocenters. The van der Waals surface area contributed by atoms with E-state index in [0.717, 1.165) is 12.0 Å². The van der Waals surface area contributed by atoms with Gasteiger partial charge in [-0.2, -0.15) is 26.3 Å². The average molecular weight is 379 g/mol. The van der Waals surface area contributed by atoms with E-state index in [1.165, 1.54) is 0 Å². The van der Waals surface area contributed by atoms with Gasteiger partial charge < -0.3 is 10.6 Å². The molecule has 9 heteroatoms. The lowest BCUT2D eigenvalue weighted by Gasteiger charge is -2.16. The normalized spacial score (nSPS) is 14.9. The van der Waals surface area contributed by atoms with Crippen molar-refractivity contribution in [1.29, 1.82) is 0 Å². The Balaban J connectivity index is 2.13. The number of allylic oxidation sites excluding steroid dienone is 2. The molecule has 1 aromatic carbocycles. The van der Waals surface area contributed by atoms with Gasteiger partial charge in [-0.15, -0.1) is 0 Å². The molecule has 1 aliphatic rings. The molecule has 2 N–H and O–H groups in total. The van der Waals surface area contributed by atoms with Crippen LogP contribution in [0.5, 0.6) is 0 Å². The van der Waals surface area contributed by atoms with Crippen LogP contribution in [0.25, 0.3) is 0 Å². The molecule has 0 aliphatic heterocycles. The predicted molar refractivity (Wildman–Crippen MR) is 86.8 cm³/mol. The Kier molecular flexibility index (Phi) is 5.76. The highest BCUT2D eigenvalue weighted by molar-refractivity contribution is 7.80. The number of rotatable bonds is 3. The maximum atomic E-state index is 12.8. The summed E-state index contributed by atoms with van der Waals surface area (Å²) in [7, 11) is 0. The maximum Gasteiger partial charge on any atom is 0.416 e. The topological polar surface area (TPSA) is 24.1 Å². The number of benzene rings is 1. The van der Waals surface area contributed by atoms with Crippen LogP contribution < -0.4 is 10.6 Å². The first-order valence-corrected chi connectivity index (χ1v) is 7.50. The van der Waals surface area contributed by atoms with Gasteiger partial charge in [-0.25, -0.2) is 0 Å². The summed E-state index contributed by atoms with van der Waals surface area (Å²) >= 11 is 4.93. The summed E-state index contributed by atoms with van der Waals surface area (Å²) in [5.74, 6) is 0. The van der Waals surface area contributed by atoms with E-state index in [1.807, 2.05) is 24.6 Å². The Hall–Kier alpha value is -2.03. The van der Waals surface area contributed by atoms with Crippen molar-refractivity contribution in [3.8, 4) is 0 Å².